The van der Waals surface area contributed by atoms with E-state index in [0.717, 1.165) is 21.3 Å². The number of nitrogens with one attached hydrogen (secondary N) is 2. The highest BCUT2D eigenvalue weighted by molar-refractivity contribution is 9.10. The minimum absolute atomic E-state index is 0.858. The molecule has 0 bridgehead atoms. The Hall–Kier alpha value is -1.03. The van der Waals surface area contributed by atoms with E-state index in [2.05, 4.69) is 31.2 Å². The van der Waals surface area contributed by atoms with E-state index >= 15 is 0 Å². The van der Waals surface area contributed by atoms with Gasteiger partial charge in [0.15, 0.2) is 0 Å². The Morgan fingerprint density at radius 2 is 2.42 bits per heavy atom. The van der Waals surface area contributed by atoms with Gasteiger partial charge in [-0.25, -0.2) is 4.98 Å². The average molecular weight is 226 g/mol. The van der Waals surface area contributed by atoms with Gasteiger partial charge in [0.05, 0.1) is 0 Å². The number of hydrogen-bond acceptors (Lipinski definition) is 2. The highest BCUT2D eigenvalue weighted by Gasteiger charge is 2.02. The van der Waals surface area contributed by atoms with Crippen molar-refractivity contribution in [2.45, 2.75) is 0 Å². The number of nitrogens with zero attached hydrogens (tertiary/aromatic N) is 1. The predicted octanol–water partition coefficient (Wildman–Crippen LogP) is 2.37. The van der Waals surface area contributed by atoms with Crippen molar-refractivity contribution >= 4 is 32.8 Å². The lowest BCUT2D eigenvalue weighted by Crippen LogP contribution is -1.91. The van der Waals surface area contributed by atoms with E-state index in [1.165, 1.54) is 0 Å². The Kier molecular flexibility index (Phi) is 1.77. The molecule has 0 spiro atoms. The molecule has 0 radical (unpaired) electrons. The summed E-state index contributed by atoms with van der Waals surface area (Å²) >= 11 is 3.47. The second-order valence-corrected chi connectivity index (χ2v) is 3.33. The van der Waals surface area contributed by atoms with E-state index < -0.39 is 0 Å². The van der Waals surface area contributed by atoms with Gasteiger partial charge in [0.25, 0.3) is 0 Å². The molecule has 0 aliphatic heterocycles. The summed E-state index contributed by atoms with van der Waals surface area (Å²) in [6.45, 7) is 0. The Morgan fingerprint density at radius 3 is 3.17 bits per heavy atom. The molecule has 0 unspecified atom stereocenters. The molecule has 0 saturated heterocycles. The average Bonchev–Trinajstić information content (AvgIpc) is 2.52. The molecule has 62 valence electrons. The Bertz CT molecular complexity index is 408. The number of H-pyrrole nitrogens is 1. The van der Waals surface area contributed by atoms with Crippen molar-refractivity contribution in [1.29, 1.82) is 0 Å². The summed E-state index contributed by atoms with van der Waals surface area (Å²) in [5.41, 5.74) is 0.897. The van der Waals surface area contributed by atoms with Gasteiger partial charge >= 0.3 is 0 Å². The molecule has 2 N–H and O–H groups in total. The molecular weight excluding hydrogens is 218 g/mol. The first-order chi connectivity index (χ1) is 5.81. The van der Waals surface area contributed by atoms with Gasteiger partial charge in [-0.05, 0) is 28.1 Å². The fourth-order valence-corrected chi connectivity index (χ4v) is 1.66. The molecule has 0 aromatic carbocycles. The quantitative estimate of drug-likeness (QED) is 0.783. The number of pyridine rings is 1. The zero-order valence-corrected chi connectivity index (χ0v) is 8.14. The van der Waals surface area contributed by atoms with E-state index in [1.807, 2.05) is 25.4 Å². The number of rotatable bonds is 1. The second kappa shape index (κ2) is 2.79. The van der Waals surface area contributed by atoms with Crippen LogP contribution in [0.25, 0.3) is 11.0 Å². The monoisotopic (exact) mass is 225 g/mol. The van der Waals surface area contributed by atoms with Crippen LogP contribution in [-0.2, 0) is 0 Å². The largest absolute Gasteiger partial charge is 0.373 e. The maximum absolute atomic E-state index is 4.32. The van der Waals surface area contributed by atoms with Gasteiger partial charge in [0, 0.05) is 23.1 Å². The molecule has 2 aromatic rings. The number of anilines is 1. The summed E-state index contributed by atoms with van der Waals surface area (Å²) in [5, 5.41) is 4.09. The zero-order chi connectivity index (χ0) is 8.55. The molecule has 2 heterocycles. The molecular formula is C8H8BrN3. The van der Waals surface area contributed by atoms with Crippen LogP contribution in [0.3, 0.4) is 0 Å². The SMILES string of the molecule is CNc1cc(Br)c2cc[nH]c2n1. The lowest BCUT2D eigenvalue weighted by atomic mass is 10.3. The third-order valence-corrected chi connectivity index (χ3v) is 2.39. The molecule has 4 heteroatoms. The van der Waals surface area contributed by atoms with Crippen molar-refractivity contribution in [3.63, 3.8) is 0 Å². The van der Waals surface area contributed by atoms with Gasteiger partial charge < -0.3 is 10.3 Å². The molecule has 0 fully saturated rings. The smallest absolute Gasteiger partial charge is 0.140 e. The standard InChI is InChI=1S/C8H8BrN3/c1-10-7-4-6(9)5-2-3-11-8(5)12-7/h2-4H,1H3,(H2,10,11,12). The summed E-state index contributed by atoms with van der Waals surface area (Å²) < 4.78 is 1.05. The van der Waals surface area contributed by atoms with Crippen LogP contribution in [0, 0.1) is 0 Å². The first kappa shape index (κ1) is 7.61. The lowest BCUT2D eigenvalue weighted by Gasteiger charge is -2.00. The summed E-state index contributed by atoms with van der Waals surface area (Å²) in [5.74, 6) is 0.858. The van der Waals surface area contributed by atoms with Gasteiger partial charge in [-0.3, -0.25) is 0 Å². The molecule has 12 heavy (non-hydrogen) atoms. The molecule has 0 aliphatic rings. The number of aromatic nitrogens is 2. The number of hydrogen-bond donors (Lipinski definition) is 2. The van der Waals surface area contributed by atoms with Crippen molar-refractivity contribution in [1.82, 2.24) is 9.97 Å². The van der Waals surface area contributed by atoms with Gasteiger partial charge in [0.2, 0.25) is 0 Å². The Morgan fingerprint density at radius 1 is 1.58 bits per heavy atom. The van der Waals surface area contributed by atoms with Crippen molar-refractivity contribution in [2.24, 2.45) is 0 Å². The number of aromatic amines is 1. The maximum atomic E-state index is 4.32. The van der Waals surface area contributed by atoms with E-state index in [1.54, 1.807) is 0 Å². The molecule has 0 aliphatic carbocycles. The van der Waals surface area contributed by atoms with E-state index in [4.69, 9.17) is 0 Å². The zero-order valence-electron chi connectivity index (χ0n) is 6.56. The maximum Gasteiger partial charge on any atom is 0.140 e. The first-order valence-corrected chi connectivity index (χ1v) is 4.42. The van der Waals surface area contributed by atoms with Crippen LogP contribution in [0.4, 0.5) is 5.82 Å². The van der Waals surface area contributed by atoms with Crippen molar-refractivity contribution in [2.75, 3.05) is 12.4 Å². The summed E-state index contributed by atoms with van der Waals surface area (Å²) in [7, 11) is 1.85. The van der Waals surface area contributed by atoms with Crippen LogP contribution in [0.15, 0.2) is 22.8 Å². The molecule has 2 rings (SSSR count). The van der Waals surface area contributed by atoms with Crippen LogP contribution >= 0.6 is 15.9 Å². The van der Waals surface area contributed by atoms with Gasteiger partial charge in [0.1, 0.15) is 11.5 Å². The Labute approximate surface area is 78.3 Å². The predicted molar refractivity (Wildman–Crippen MR) is 53.3 cm³/mol. The van der Waals surface area contributed by atoms with Crippen molar-refractivity contribution in [3.05, 3.63) is 22.8 Å². The van der Waals surface area contributed by atoms with Crippen molar-refractivity contribution in [3.8, 4) is 0 Å². The van der Waals surface area contributed by atoms with Crippen LogP contribution in [-0.4, -0.2) is 17.0 Å². The van der Waals surface area contributed by atoms with Crippen LogP contribution in [0.5, 0.6) is 0 Å². The minimum atomic E-state index is 0.858. The van der Waals surface area contributed by atoms with Gasteiger partial charge in [-0.1, -0.05) is 0 Å². The topological polar surface area (TPSA) is 40.7 Å². The fraction of sp³-hybridized carbons (Fsp3) is 0.125. The molecule has 0 saturated carbocycles. The third kappa shape index (κ3) is 1.08. The second-order valence-electron chi connectivity index (χ2n) is 2.48. The minimum Gasteiger partial charge on any atom is -0.373 e. The molecule has 0 atom stereocenters. The molecule has 3 nitrogen and oxygen atoms in total. The number of fused-ring (bicyclic) bond motifs is 1. The summed E-state index contributed by atoms with van der Waals surface area (Å²) in [6.07, 6.45) is 1.88. The van der Waals surface area contributed by atoms with Crippen LogP contribution < -0.4 is 5.32 Å². The third-order valence-electron chi connectivity index (χ3n) is 1.73. The van der Waals surface area contributed by atoms with E-state index in [-0.39, 0.29) is 0 Å². The van der Waals surface area contributed by atoms with Crippen LogP contribution in [0.1, 0.15) is 0 Å². The molecule has 2 aromatic heterocycles. The van der Waals surface area contributed by atoms with E-state index in [9.17, 15) is 0 Å². The first-order valence-electron chi connectivity index (χ1n) is 3.62. The highest BCUT2D eigenvalue weighted by Crippen LogP contribution is 2.24. The van der Waals surface area contributed by atoms with Gasteiger partial charge in [-0.2, -0.15) is 0 Å². The highest BCUT2D eigenvalue weighted by atomic mass is 79.9. The van der Waals surface area contributed by atoms with Gasteiger partial charge in [-0.15, -0.1) is 0 Å². The summed E-state index contributed by atoms with van der Waals surface area (Å²) in [4.78, 5) is 7.37. The number of halogens is 1. The van der Waals surface area contributed by atoms with E-state index in [0.29, 0.717) is 0 Å². The van der Waals surface area contributed by atoms with Crippen molar-refractivity contribution < 1.29 is 0 Å². The van der Waals surface area contributed by atoms with Crippen LogP contribution in [0.2, 0.25) is 0 Å². The Balaban J connectivity index is 2.75. The molecule has 0 amide bonds. The normalized spacial score (nSPS) is 10.5. The summed E-state index contributed by atoms with van der Waals surface area (Å²) in [6, 6.07) is 3.95. The fourth-order valence-electron chi connectivity index (χ4n) is 1.12. The lowest BCUT2D eigenvalue weighted by molar-refractivity contribution is 1.29.